The largest absolute Gasteiger partial charge is 0.326 e. The summed E-state index contributed by atoms with van der Waals surface area (Å²) in [6.07, 6.45) is 1.75. The van der Waals surface area contributed by atoms with Crippen molar-refractivity contribution in [2.24, 2.45) is 5.73 Å². The molecule has 1 aromatic heterocycles. The maximum absolute atomic E-state index is 5.93. The van der Waals surface area contributed by atoms with E-state index in [1.807, 2.05) is 31.2 Å². The molecule has 0 bridgehead atoms. The molecule has 0 atom stereocenters. The number of rotatable bonds is 3. The second-order valence-corrected chi connectivity index (χ2v) is 4.98. The number of hydrogen-bond donors (Lipinski definition) is 1. The molecule has 0 saturated heterocycles. The number of aryl methyl sites for hydroxylation is 1. The zero-order valence-corrected chi connectivity index (χ0v) is 10.9. The van der Waals surface area contributed by atoms with E-state index in [9.17, 15) is 0 Å². The summed E-state index contributed by atoms with van der Waals surface area (Å²) in [6, 6.07) is 7.54. The molecule has 2 aromatic rings. The summed E-state index contributed by atoms with van der Waals surface area (Å²) in [5.41, 5.74) is 7.65. The van der Waals surface area contributed by atoms with Crippen molar-refractivity contribution >= 4 is 23.4 Å². The second kappa shape index (κ2) is 5.49. The maximum atomic E-state index is 5.93. The number of halogens is 1. The van der Waals surface area contributed by atoms with Crippen LogP contribution in [0.5, 0.6) is 0 Å². The van der Waals surface area contributed by atoms with E-state index in [1.54, 1.807) is 6.20 Å². The number of nitrogens with zero attached hydrogens (tertiary/aromatic N) is 2. The van der Waals surface area contributed by atoms with Gasteiger partial charge in [-0.05, 0) is 48.5 Å². The zero-order chi connectivity index (χ0) is 12.3. The fourth-order valence-corrected chi connectivity index (χ4v) is 2.48. The molecule has 3 nitrogen and oxygen atoms in total. The van der Waals surface area contributed by atoms with Crippen LogP contribution in [-0.4, -0.2) is 9.97 Å². The topological polar surface area (TPSA) is 51.8 Å². The Morgan fingerprint density at radius 1 is 1.35 bits per heavy atom. The molecule has 0 saturated carbocycles. The summed E-state index contributed by atoms with van der Waals surface area (Å²) in [7, 11) is 0. The van der Waals surface area contributed by atoms with Crippen molar-refractivity contribution in [3.8, 4) is 0 Å². The summed E-state index contributed by atoms with van der Waals surface area (Å²) in [6.45, 7) is 2.39. The van der Waals surface area contributed by atoms with Gasteiger partial charge >= 0.3 is 0 Å². The van der Waals surface area contributed by atoms with Gasteiger partial charge < -0.3 is 5.73 Å². The third-order valence-corrected chi connectivity index (χ3v) is 3.45. The van der Waals surface area contributed by atoms with Crippen molar-refractivity contribution < 1.29 is 0 Å². The summed E-state index contributed by atoms with van der Waals surface area (Å²) in [5.74, 6) is 0. The molecular formula is C12H12ClN3S. The monoisotopic (exact) mass is 265 g/mol. The van der Waals surface area contributed by atoms with Crippen LogP contribution in [0.1, 0.15) is 11.3 Å². The van der Waals surface area contributed by atoms with Crippen LogP contribution in [0.2, 0.25) is 5.02 Å². The average Bonchev–Trinajstić information content (AvgIpc) is 2.31. The Bertz CT molecular complexity index is 531. The van der Waals surface area contributed by atoms with Gasteiger partial charge in [-0.25, -0.2) is 9.97 Å². The van der Waals surface area contributed by atoms with Crippen LogP contribution in [0.15, 0.2) is 40.5 Å². The molecule has 88 valence electrons. The molecule has 2 N–H and O–H groups in total. The summed E-state index contributed by atoms with van der Waals surface area (Å²) < 4.78 is 0. The highest BCUT2D eigenvalue weighted by molar-refractivity contribution is 7.99. The minimum atomic E-state index is 0.453. The Morgan fingerprint density at radius 3 is 2.88 bits per heavy atom. The molecular weight excluding hydrogens is 254 g/mol. The van der Waals surface area contributed by atoms with Crippen LogP contribution in [0.3, 0.4) is 0 Å². The van der Waals surface area contributed by atoms with E-state index in [1.165, 1.54) is 11.8 Å². The Kier molecular flexibility index (Phi) is 3.99. The van der Waals surface area contributed by atoms with E-state index in [0.717, 1.165) is 21.3 Å². The molecule has 5 heteroatoms. The lowest BCUT2D eigenvalue weighted by Gasteiger charge is -2.07. The number of hydrogen-bond acceptors (Lipinski definition) is 4. The molecule has 1 heterocycles. The average molecular weight is 266 g/mol. The van der Waals surface area contributed by atoms with Gasteiger partial charge in [0.25, 0.3) is 0 Å². The van der Waals surface area contributed by atoms with Gasteiger partial charge in [-0.3, -0.25) is 0 Å². The molecule has 17 heavy (non-hydrogen) atoms. The molecule has 0 aliphatic carbocycles. The van der Waals surface area contributed by atoms with Gasteiger partial charge in [-0.1, -0.05) is 11.6 Å². The molecule has 0 amide bonds. The normalized spacial score (nSPS) is 10.5. The van der Waals surface area contributed by atoms with Crippen molar-refractivity contribution in [1.82, 2.24) is 9.97 Å². The summed E-state index contributed by atoms with van der Waals surface area (Å²) in [5, 5.41) is 1.42. The molecule has 0 fully saturated rings. The predicted octanol–water partition coefficient (Wildman–Crippen LogP) is 3.05. The van der Waals surface area contributed by atoms with Gasteiger partial charge in [-0.15, -0.1) is 0 Å². The lowest BCUT2D eigenvalue weighted by atomic mass is 10.2. The van der Waals surface area contributed by atoms with E-state index in [0.29, 0.717) is 11.6 Å². The Hall–Kier alpha value is -1.10. The Labute approximate surface area is 109 Å². The first-order valence-corrected chi connectivity index (χ1v) is 6.34. The van der Waals surface area contributed by atoms with Gasteiger partial charge in [-0.2, -0.15) is 0 Å². The van der Waals surface area contributed by atoms with Crippen LogP contribution >= 0.6 is 23.4 Å². The first-order chi connectivity index (χ1) is 8.19. The minimum absolute atomic E-state index is 0.453. The molecule has 0 aliphatic rings. The number of aromatic nitrogens is 2. The summed E-state index contributed by atoms with van der Waals surface area (Å²) >= 11 is 7.43. The van der Waals surface area contributed by atoms with Crippen molar-refractivity contribution in [3.05, 3.63) is 46.7 Å². The second-order valence-electron chi connectivity index (χ2n) is 3.54. The third-order valence-electron chi connectivity index (χ3n) is 2.22. The number of nitrogens with two attached hydrogens (primary N) is 1. The molecule has 0 spiro atoms. The molecule has 0 unspecified atom stereocenters. The highest BCUT2D eigenvalue weighted by Crippen LogP contribution is 2.29. The van der Waals surface area contributed by atoms with Gasteiger partial charge in [0.1, 0.15) is 0 Å². The van der Waals surface area contributed by atoms with Crippen LogP contribution in [0, 0.1) is 6.92 Å². The highest BCUT2D eigenvalue weighted by atomic mass is 35.5. The predicted molar refractivity (Wildman–Crippen MR) is 70.2 cm³/mol. The van der Waals surface area contributed by atoms with Crippen LogP contribution < -0.4 is 5.73 Å². The molecule has 2 rings (SSSR count). The van der Waals surface area contributed by atoms with E-state index in [2.05, 4.69) is 9.97 Å². The van der Waals surface area contributed by atoms with Gasteiger partial charge in [0.2, 0.25) is 0 Å². The standard InChI is InChI=1S/C12H12ClN3S/c1-8-4-5-15-12(16-8)17-11-3-2-10(13)6-9(11)7-14/h2-6H,7,14H2,1H3. The fourth-order valence-electron chi connectivity index (χ4n) is 1.38. The van der Waals surface area contributed by atoms with Gasteiger partial charge in [0.05, 0.1) is 0 Å². The van der Waals surface area contributed by atoms with Crippen molar-refractivity contribution in [3.63, 3.8) is 0 Å². The Morgan fingerprint density at radius 2 is 2.18 bits per heavy atom. The van der Waals surface area contributed by atoms with Crippen molar-refractivity contribution in [2.45, 2.75) is 23.5 Å². The first kappa shape index (κ1) is 12.4. The van der Waals surface area contributed by atoms with E-state index >= 15 is 0 Å². The SMILES string of the molecule is Cc1ccnc(Sc2ccc(Cl)cc2CN)n1. The van der Waals surface area contributed by atoms with Crippen LogP contribution in [0.4, 0.5) is 0 Å². The fraction of sp³-hybridized carbons (Fsp3) is 0.167. The lowest BCUT2D eigenvalue weighted by Crippen LogP contribution is -1.98. The first-order valence-electron chi connectivity index (χ1n) is 5.15. The Balaban J connectivity index is 2.29. The molecule has 1 aromatic carbocycles. The van der Waals surface area contributed by atoms with Crippen LogP contribution in [0.25, 0.3) is 0 Å². The smallest absolute Gasteiger partial charge is 0.192 e. The zero-order valence-electron chi connectivity index (χ0n) is 9.35. The van der Waals surface area contributed by atoms with Crippen molar-refractivity contribution in [2.75, 3.05) is 0 Å². The quantitative estimate of drug-likeness (QED) is 0.867. The van der Waals surface area contributed by atoms with E-state index in [-0.39, 0.29) is 0 Å². The maximum Gasteiger partial charge on any atom is 0.192 e. The lowest BCUT2D eigenvalue weighted by molar-refractivity contribution is 0.928. The number of benzene rings is 1. The molecule has 0 aliphatic heterocycles. The minimum Gasteiger partial charge on any atom is -0.326 e. The third kappa shape index (κ3) is 3.19. The summed E-state index contributed by atoms with van der Waals surface area (Å²) in [4.78, 5) is 9.60. The van der Waals surface area contributed by atoms with Gasteiger partial charge in [0, 0.05) is 28.4 Å². The van der Waals surface area contributed by atoms with E-state index < -0.39 is 0 Å². The highest BCUT2D eigenvalue weighted by Gasteiger charge is 2.06. The molecule has 0 radical (unpaired) electrons. The van der Waals surface area contributed by atoms with Crippen LogP contribution in [-0.2, 0) is 6.54 Å². The van der Waals surface area contributed by atoms with Gasteiger partial charge in [0.15, 0.2) is 5.16 Å². The van der Waals surface area contributed by atoms with E-state index in [4.69, 9.17) is 17.3 Å². The van der Waals surface area contributed by atoms with Crippen molar-refractivity contribution in [1.29, 1.82) is 0 Å².